The van der Waals surface area contributed by atoms with Crippen LogP contribution in [-0.4, -0.2) is 38.8 Å². The Balaban J connectivity index is 2.06. The summed E-state index contributed by atoms with van der Waals surface area (Å²) in [5.74, 6) is 0.737. The van der Waals surface area contributed by atoms with Crippen LogP contribution in [0.15, 0.2) is 12.4 Å². The van der Waals surface area contributed by atoms with Crippen molar-refractivity contribution in [3.8, 4) is 17.2 Å². The number of nitrogens with one attached hydrogen (secondary N) is 1. The van der Waals surface area contributed by atoms with Crippen LogP contribution in [0, 0.1) is 17.2 Å². The van der Waals surface area contributed by atoms with Gasteiger partial charge in [-0.3, -0.25) is 4.79 Å². The van der Waals surface area contributed by atoms with Crippen LogP contribution in [-0.2, 0) is 17.8 Å². The number of hydrogen-bond donors (Lipinski definition) is 2. The Morgan fingerprint density at radius 1 is 1.39 bits per heavy atom. The van der Waals surface area contributed by atoms with Crippen molar-refractivity contribution in [2.75, 3.05) is 24.1 Å². The van der Waals surface area contributed by atoms with Crippen molar-refractivity contribution in [1.82, 2.24) is 19.9 Å². The maximum atomic E-state index is 12.5. The van der Waals surface area contributed by atoms with Crippen LogP contribution in [0.2, 0.25) is 0 Å². The number of pyridine rings is 1. The summed E-state index contributed by atoms with van der Waals surface area (Å²) in [4.78, 5) is 27.5. The highest BCUT2D eigenvalue weighted by Crippen LogP contribution is 2.35. The molecule has 8 nitrogen and oxygen atoms in total. The zero-order valence-electron chi connectivity index (χ0n) is 16.5. The number of amides is 1. The van der Waals surface area contributed by atoms with Crippen LogP contribution in [0.3, 0.4) is 0 Å². The average Bonchev–Trinajstić information content (AvgIpc) is 2.70. The number of carbonyl (C=O) groups excluding carboxylic acids is 1. The molecular formula is C20H25N7O. The minimum Gasteiger partial charge on any atom is -0.383 e. The molecule has 0 fully saturated rings. The third-order valence-electron chi connectivity index (χ3n) is 4.77. The molecule has 2 aromatic heterocycles. The Kier molecular flexibility index (Phi) is 5.73. The van der Waals surface area contributed by atoms with Crippen LogP contribution >= 0.6 is 0 Å². The third kappa shape index (κ3) is 3.74. The minimum absolute atomic E-state index is 0.0855. The van der Waals surface area contributed by atoms with Crippen molar-refractivity contribution in [2.45, 2.75) is 40.2 Å². The topological polar surface area (TPSA) is 121 Å². The molecule has 3 heterocycles. The third-order valence-corrected chi connectivity index (χ3v) is 4.77. The van der Waals surface area contributed by atoms with Crippen molar-refractivity contribution in [3.05, 3.63) is 29.2 Å². The van der Waals surface area contributed by atoms with Crippen LogP contribution in [0.25, 0.3) is 11.1 Å². The van der Waals surface area contributed by atoms with Crippen molar-refractivity contribution < 1.29 is 4.79 Å². The maximum absolute atomic E-state index is 12.5. The summed E-state index contributed by atoms with van der Waals surface area (Å²) in [5.41, 5.74) is 9.41. The molecule has 1 aliphatic heterocycles. The molecule has 0 aromatic carbocycles. The molecule has 0 atom stereocenters. The van der Waals surface area contributed by atoms with Crippen molar-refractivity contribution in [1.29, 1.82) is 5.26 Å². The molecule has 0 saturated carbocycles. The monoisotopic (exact) mass is 379 g/mol. The largest absolute Gasteiger partial charge is 0.383 e. The molecule has 1 aliphatic rings. The number of nitrogens with two attached hydrogens (primary N) is 1. The first-order valence-electron chi connectivity index (χ1n) is 9.52. The Morgan fingerprint density at radius 3 is 2.71 bits per heavy atom. The number of carbonyl (C=O) groups is 1. The van der Waals surface area contributed by atoms with Gasteiger partial charge < -0.3 is 16.0 Å². The fourth-order valence-corrected chi connectivity index (χ4v) is 3.35. The van der Waals surface area contributed by atoms with Gasteiger partial charge in [-0.15, -0.1) is 0 Å². The molecule has 0 aliphatic carbocycles. The average molecular weight is 379 g/mol. The highest BCUT2D eigenvalue weighted by molar-refractivity contribution is 5.81. The molecule has 28 heavy (non-hydrogen) atoms. The van der Waals surface area contributed by atoms with Gasteiger partial charge in [0.15, 0.2) is 0 Å². The highest BCUT2D eigenvalue weighted by Gasteiger charge is 2.28. The fraction of sp³-hybridized carbons (Fsp3) is 0.450. The van der Waals surface area contributed by atoms with Gasteiger partial charge in [0.25, 0.3) is 0 Å². The summed E-state index contributed by atoms with van der Waals surface area (Å²) < 4.78 is 0. The molecule has 0 unspecified atom stereocenters. The first-order chi connectivity index (χ1) is 13.5. The molecule has 3 N–H and O–H groups in total. The van der Waals surface area contributed by atoms with Crippen LogP contribution in [0.4, 0.5) is 11.8 Å². The van der Waals surface area contributed by atoms with E-state index in [1.807, 2.05) is 18.7 Å². The first-order valence-corrected chi connectivity index (χ1v) is 9.52. The Bertz CT molecular complexity index is 916. The van der Waals surface area contributed by atoms with E-state index in [0.717, 1.165) is 24.2 Å². The predicted molar refractivity (Wildman–Crippen MR) is 107 cm³/mol. The minimum atomic E-state index is -0.0885. The molecule has 2 aromatic rings. The summed E-state index contributed by atoms with van der Waals surface area (Å²) in [5, 5.41) is 12.8. The molecule has 0 spiro atoms. The standard InChI is InChI=1S/C20H25N7O/c1-4-6-23-20-24-9-13(10-25-20)17-14(8-21)18(22)26-16-5-7-27(11-15(16)17)19(28)12(2)3/h9-10,12H,4-7,11H2,1-3H3,(H2,22,26)(H,23,24,25). The Morgan fingerprint density at radius 2 is 2.11 bits per heavy atom. The number of anilines is 2. The van der Waals surface area contributed by atoms with Gasteiger partial charge in [-0.05, 0) is 6.42 Å². The van der Waals surface area contributed by atoms with E-state index in [-0.39, 0.29) is 17.6 Å². The lowest BCUT2D eigenvalue weighted by Gasteiger charge is -2.31. The van der Waals surface area contributed by atoms with Gasteiger partial charge in [0, 0.05) is 61.1 Å². The smallest absolute Gasteiger partial charge is 0.225 e. The Labute approximate surface area is 164 Å². The number of fused-ring (bicyclic) bond motifs is 1. The van der Waals surface area contributed by atoms with Crippen molar-refractivity contribution in [2.24, 2.45) is 5.92 Å². The van der Waals surface area contributed by atoms with Gasteiger partial charge in [-0.1, -0.05) is 20.8 Å². The van der Waals surface area contributed by atoms with E-state index in [1.54, 1.807) is 12.4 Å². The van der Waals surface area contributed by atoms with Crippen LogP contribution in [0.5, 0.6) is 0 Å². The van der Waals surface area contributed by atoms with E-state index in [9.17, 15) is 10.1 Å². The Hall–Kier alpha value is -3.21. The van der Waals surface area contributed by atoms with E-state index in [0.29, 0.717) is 42.1 Å². The van der Waals surface area contributed by atoms with Gasteiger partial charge in [0.1, 0.15) is 17.5 Å². The zero-order valence-corrected chi connectivity index (χ0v) is 16.5. The lowest BCUT2D eigenvalue weighted by molar-refractivity contribution is -0.135. The summed E-state index contributed by atoms with van der Waals surface area (Å²) in [7, 11) is 0. The normalized spacial score (nSPS) is 13.2. The van der Waals surface area contributed by atoms with Gasteiger partial charge >= 0.3 is 0 Å². The second kappa shape index (κ2) is 8.21. The molecule has 0 saturated heterocycles. The first kappa shape index (κ1) is 19.5. The summed E-state index contributed by atoms with van der Waals surface area (Å²) in [6.07, 6.45) is 4.94. The van der Waals surface area contributed by atoms with E-state index in [4.69, 9.17) is 5.73 Å². The van der Waals surface area contributed by atoms with E-state index >= 15 is 0 Å². The second-order valence-corrected chi connectivity index (χ2v) is 7.17. The van der Waals surface area contributed by atoms with E-state index in [2.05, 4.69) is 33.3 Å². The van der Waals surface area contributed by atoms with Crippen molar-refractivity contribution in [3.63, 3.8) is 0 Å². The number of nitriles is 1. The fourth-order valence-electron chi connectivity index (χ4n) is 3.35. The number of rotatable bonds is 5. The molecule has 146 valence electrons. The number of aromatic nitrogens is 3. The maximum Gasteiger partial charge on any atom is 0.225 e. The van der Waals surface area contributed by atoms with Gasteiger partial charge in [-0.25, -0.2) is 15.0 Å². The SMILES string of the molecule is CCCNc1ncc(-c2c(C#N)c(N)nc3c2CN(C(=O)C(C)C)CC3)cn1. The molecule has 8 heteroatoms. The molecule has 1 amide bonds. The van der Waals surface area contributed by atoms with E-state index < -0.39 is 0 Å². The summed E-state index contributed by atoms with van der Waals surface area (Å²) in [6, 6.07) is 2.17. The van der Waals surface area contributed by atoms with E-state index in [1.165, 1.54) is 0 Å². The number of nitrogens with zero attached hydrogens (tertiary/aromatic N) is 5. The highest BCUT2D eigenvalue weighted by atomic mass is 16.2. The zero-order chi connectivity index (χ0) is 20.3. The summed E-state index contributed by atoms with van der Waals surface area (Å²) in [6.45, 7) is 7.62. The second-order valence-electron chi connectivity index (χ2n) is 7.17. The quantitative estimate of drug-likeness (QED) is 0.818. The molecular weight excluding hydrogens is 354 g/mol. The molecule has 0 radical (unpaired) electrons. The molecule has 3 rings (SSSR count). The van der Waals surface area contributed by atoms with Crippen LogP contribution < -0.4 is 11.1 Å². The number of hydrogen-bond acceptors (Lipinski definition) is 7. The van der Waals surface area contributed by atoms with Crippen molar-refractivity contribution >= 4 is 17.7 Å². The van der Waals surface area contributed by atoms with Gasteiger partial charge in [0.2, 0.25) is 11.9 Å². The lowest BCUT2D eigenvalue weighted by atomic mass is 9.92. The van der Waals surface area contributed by atoms with Gasteiger partial charge in [0.05, 0.1) is 5.69 Å². The summed E-state index contributed by atoms with van der Waals surface area (Å²) >= 11 is 0. The van der Waals surface area contributed by atoms with Crippen LogP contribution in [0.1, 0.15) is 44.0 Å². The number of nitrogen functional groups attached to an aromatic ring is 1. The lowest BCUT2D eigenvalue weighted by Crippen LogP contribution is -2.39. The van der Waals surface area contributed by atoms with Gasteiger partial charge in [-0.2, -0.15) is 5.26 Å². The molecule has 0 bridgehead atoms. The predicted octanol–water partition coefficient (Wildman–Crippen LogP) is 2.36.